The standard InChI is InChI=1S/C3H7NO2S/c4-3(1-5)2-7-6/h1,3,6H,2,4H2/t3-/m1/s1. The molecule has 7 heavy (non-hydrogen) atoms. The van der Waals surface area contributed by atoms with Gasteiger partial charge in [-0.2, -0.15) is 0 Å². The monoisotopic (exact) mass is 121 g/mol. The second-order valence-corrected chi connectivity index (χ2v) is 1.69. The lowest BCUT2D eigenvalue weighted by molar-refractivity contribution is -0.108. The van der Waals surface area contributed by atoms with Gasteiger partial charge in [-0.15, -0.1) is 0 Å². The summed E-state index contributed by atoms with van der Waals surface area (Å²) in [6.07, 6.45) is 0.600. The normalized spacial score (nSPS) is 13.4. The Morgan fingerprint density at radius 2 is 2.57 bits per heavy atom. The van der Waals surface area contributed by atoms with Crippen molar-refractivity contribution in [1.29, 1.82) is 0 Å². The summed E-state index contributed by atoms with van der Waals surface area (Å²) in [6, 6.07) is -0.519. The second kappa shape index (κ2) is 4.11. The van der Waals surface area contributed by atoms with Gasteiger partial charge < -0.3 is 15.1 Å². The predicted molar refractivity (Wildman–Crippen MR) is 29.1 cm³/mol. The summed E-state index contributed by atoms with van der Waals surface area (Å²) in [7, 11) is 0. The van der Waals surface area contributed by atoms with Crippen molar-refractivity contribution >= 4 is 18.3 Å². The molecule has 0 unspecified atom stereocenters. The molecule has 0 heterocycles. The lowest BCUT2D eigenvalue weighted by atomic mass is 10.4. The Labute approximate surface area is 46.1 Å². The molecule has 0 saturated heterocycles. The van der Waals surface area contributed by atoms with E-state index in [4.69, 9.17) is 10.3 Å². The minimum absolute atomic E-state index is 0.281. The molecule has 0 rings (SSSR count). The van der Waals surface area contributed by atoms with Gasteiger partial charge >= 0.3 is 0 Å². The van der Waals surface area contributed by atoms with E-state index in [0.29, 0.717) is 18.3 Å². The van der Waals surface area contributed by atoms with E-state index in [2.05, 4.69) is 0 Å². The number of aldehydes is 1. The van der Waals surface area contributed by atoms with Gasteiger partial charge in [-0.3, -0.25) is 0 Å². The summed E-state index contributed by atoms with van der Waals surface area (Å²) < 4.78 is 8.05. The Hall–Kier alpha value is -0.0600. The van der Waals surface area contributed by atoms with Crippen LogP contribution in [0.4, 0.5) is 0 Å². The van der Waals surface area contributed by atoms with Crippen LogP contribution in [0.1, 0.15) is 0 Å². The molecule has 3 nitrogen and oxygen atoms in total. The van der Waals surface area contributed by atoms with E-state index in [0.717, 1.165) is 0 Å². The van der Waals surface area contributed by atoms with E-state index in [-0.39, 0.29) is 5.75 Å². The molecular formula is C3H7NO2S. The zero-order chi connectivity index (χ0) is 5.70. The van der Waals surface area contributed by atoms with Crippen LogP contribution in [-0.2, 0) is 4.79 Å². The number of carbonyl (C=O) groups excluding carboxylic acids is 1. The number of rotatable bonds is 3. The Bertz CT molecular complexity index is 58.9. The third-order valence-electron chi connectivity index (χ3n) is 0.442. The third kappa shape index (κ3) is 3.78. The molecule has 0 aliphatic heterocycles. The molecule has 3 N–H and O–H groups in total. The van der Waals surface area contributed by atoms with E-state index in [1.54, 1.807) is 0 Å². The second-order valence-electron chi connectivity index (χ2n) is 1.10. The van der Waals surface area contributed by atoms with Gasteiger partial charge in [0, 0.05) is 5.75 Å². The average molecular weight is 121 g/mol. The van der Waals surface area contributed by atoms with E-state index >= 15 is 0 Å². The van der Waals surface area contributed by atoms with Gasteiger partial charge in [-0.05, 0) is 12.0 Å². The SMILES string of the molecule is N[C@H](C=O)CSO. The first kappa shape index (κ1) is 6.94. The molecule has 0 fully saturated rings. The van der Waals surface area contributed by atoms with E-state index in [1.165, 1.54) is 0 Å². The quantitative estimate of drug-likeness (QED) is 0.398. The van der Waals surface area contributed by atoms with Crippen LogP contribution in [0, 0.1) is 0 Å². The van der Waals surface area contributed by atoms with Gasteiger partial charge in [0.25, 0.3) is 0 Å². The maximum atomic E-state index is 9.65. The van der Waals surface area contributed by atoms with E-state index in [9.17, 15) is 4.79 Å². The van der Waals surface area contributed by atoms with Crippen molar-refractivity contribution in [2.45, 2.75) is 6.04 Å². The molecular weight excluding hydrogens is 114 g/mol. The van der Waals surface area contributed by atoms with E-state index < -0.39 is 6.04 Å². The van der Waals surface area contributed by atoms with Crippen molar-refractivity contribution < 1.29 is 9.35 Å². The highest BCUT2D eigenvalue weighted by Crippen LogP contribution is 1.89. The molecule has 0 radical (unpaired) electrons. The molecule has 0 bridgehead atoms. The summed E-state index contributed by atoms with van der Waals surface area (Å²) in [4.78, 5) is 9.65. The first-order valence-corrected chi connectivity index (χ1v) is 2.72. The minimum Gasteiger partial charge on any atom is -0.330 e. The van der Waals surface area contributed by atoms with Crippen molar-refractivity contribution in [2.75, 3.05) is 5.75 Å². The Balaban J connectivity index is 2.98. The minimum atomic E-state index is -0.519. The van der Waals surface area contributed by atoms with Gasteiger partial charge in [-0.1, -0.05) is 0 Å². The maximum absolute atomic E-state index is 9.65. The van der Waals surface area contributed by atoms with Crippen molar-refractivity contribution in [3.63, 3.8) is 0 Å². The average Bonchev–Trinajstić information content (AvgIpc) is 1.68. The molecule has 42 valence electrons. The van der Waals surface area contributed by atoms with Crippen LogP contribution in [-0.4, -0.2) is 22.6 Å². The largest absolute Gasteiger partial charge is 0.330 e. The fraction of sp³-hybridized carbons (Fsp3) is 0.667. The van der Waals surface area contributed by atoms with Gasteiger partial charge in [0.15, 0.2) is 0 Å². The van der Waals surface area contributed by atoms with Crippen LogP contribution in [0.15, 0.2) is 0 Å². The first-order valence-electron chi connectivity index (χ1n) is 1.78. The summed E-state index contributed by atoms with van der Waals surface area (Å²) in [5.41, 5.74) is 5.03. The number of nitrogens with two attached hydrogens (primary N) is 1. The van der Waals surface area contributed by atoms with Gasteiger partial charge in [0.05, 0.1) is 6.04 Å². The highest BCUT2D eigenvalue weighted by Gasteiger charge is 1.95. The first-order chi connectivity index (χ1) is 3.31. The van der Waals surface area contributed by atoms with Crippen LogP contribution in [0.25, 0.3) is 0 Å². The fourth-order valence-electron chi connectivity index (χ4n) is 0.125. The topological polar surface area (TPSA) is 63.3 Å². The molecule has 0 aromatic carbocycles. The maximum Gasteiger partial charge on any atom is 0.137 e. The molecule has 1 atom stereocenters. The Morgan fingerprint density at radius 1 is 2.00 bits per heavy atom. The Morgan fingerprint density at radius 3 is 2.71 bits per heavy atom. The zero-order valence-corrected chi connectivity index (χ0v) is 4.52. The molecule has 4 heteroatoms. The van der Waals surface area contributed by atoms with Crippen molar-refractivity contribution in [1.82, 2.24) is 0 Å². The van der Waals surface area contributed by atoms with Crippen LogP contribution in [0.3, 0.4) is 0 Å². The summed E-state index contributed by atoms with van der Waals surface area (Å²) in [6.45, 7) is 0. The van der Waals surface area contributed by atoms with Crippen LogP contribution in [0.2, 0.25) is 0 Å². The highest BCUT2D eigenvalue weighted by atomic mass is 32.2. The van der Waals surface area contributed by atoms with Crippen LogP contribution >= 0.6 is 12.0 Å². The summed E-state index contributed by atoms with van der Waals surface area (Å²) in [5, 5.41) is 0. The Kier molecular flexibility index (Phi) is 4.07. The van der Waals surface area contributed by atoms with Gasteiger partial charge in [-0.25, -0.2) is 0 Å². The molecule has 0 saturated carbocycles. The van der Waals surface area contributed by atoms with Crippen LogP contribution in [0.5, 0.6) is 0 Å². The third-order valence-corrected chi connectivity index (χ3v) is 0.976. The van der Waals surface area contributed by atoms with E-state index in [1.807, 2.05) is 0 Å². The molecule has 0 amide bonds. The highest BCUT2D eigenvalue weighted by molar-refractivity contribution is 7.93. The number of hydrogen-bond donors (Lipinski definition) is 2. The summed E-state index contributed by atoms with van der Waals surface area (Å²) in [5.74, 6) is 0.281. The van der Waals surface area contributed by atoms with Crippen molar-refractivity contribution in [3.05, 3.63) is 0 Å². The number of hydrogen-bond acceptors (Lipinski definition) is 4. The summed E-state index contributed by atoms with van der Waals surface area (Å²) >= 11 is 0.578. The lowest BCUT2D eigenvalue weighted by Gasteiger charge is -1.94. The van der Waals surface area contributed by atoms with Crippen LogP contribution < -0.4 is 5.73 Å². The lowest BCUT2D eigenvalue weighted by Crippen LogP contribution is -2.23. The van der Waals surface area contributed by atoms with Crippen molar-refractivity contribution in [2.24, 2.45) is 5.73 Å². The number of carbonyl (C=O) groups is 1. The molecule has 0 aliphatic carbocycles. The van der Waals surface area contributed by atoms with Gasteiger partial charge in [0.1, 0.15) is 6.29 Å². The fourth-order valence-corrected chi connectivity index (χ4v) is 0.376. The van der Waals surface area contributed by atoms with Crippen molar-refractivity contribution in [3.8, 4) is 0 Å². The predicted octanol–water partition coefficient (Wildman–Crippen LogP) is -0.281. The molecule has 0 aliphatic rings. The molecule has 0 aromatic heterocycles. The zero-order valence-electron chi connectivity index (χ0n) is 3.70. The molecule has 0 spiro atoms. The smallest absolute Gasteiger partial charge is 0.137 e. The molecule has 0 aromatic rings. The van der Waals surface area contributed by atoms with Gasteiger partial charge in [0.2, 0.25) is 0 Å².